The van der Waals surface area contributed by atoms with Crippen LogP contribution in [0.4, 0.5) is 0 Å². The van der Waals surface area contributed by atoms with E-state index < -0.39 is 11.9 Å². The van der Waals surface area contributed by atoms with Gasteiger partial charge in [0.2, 0.25) is 0 Å². The average Bonchev–Trinajstić information content (AvgIpc) is 3.18. The number of aliphatic carboxylic acids is 2. The Bertz CT molecular complexity index is 881. The first-order valence-corrected chi connectivity index (χ1v) is 9.51. The molecular weight excluding hydrogens is 372 g/mol. The first-order chi connectivity index (χ1) is 13.7. The molecule has 1 aliphatic carbocycles. The number of nitrogens with zero attached hydrogens (tertiary/aromatic N) is 1. The number of rotatable bonds is 7. The molecule has 1 heterocycles. The molecule has 0 spiro atoms. The molecule has 29 heavy (non-hydrogen) atoms. The molecule has 1 atom stereocenters. The van der Waals surface area contributed by atoms with E-state index in [1.54, 1.807) is 0 Å². The summed E-state index contributed by atoms with van der Waals surface area (Å²) in [5, 5.41) is 15.6. The number of hydrogen-bond acceptors (Lipinski definition) is 4. The average molecular weight is 400 g/mol. The molecule has 0 bridgehead atoms. The van der Waals surface area contributed by atoms with Gasteiger partial charge in [-0.2, -0.15) is 0 Å². The second-order valence-electron chi connectivity index (χ2n) is 7.53. The molecule has 0 fully saturated rings. The number of fused-ring (bicyclic) bond motifs is 3. The maximum atomic E-state index is 9.55. The van der Waals surface area contributed by atoms with Crippen LogP contribution in [0.15, 0.2) is 42.6 Å². The fraction of sp³-hybridized carbons (Fsp3) is 0.364. The molecule has 2 aromatic rings. The van der Waals surface area contributed by atoms with Crippen molar-refractivity contribution in [1.82, 2.24) is 4.57 Å². The van der Waals surface area contributed by atoms with E-state index in [0.29, 0.717) is 18.1 Å². The van der Waals surface area contributed by atoms with Crippen LogP contribution >= 0.6 is 0 Å². The highest BCUT2D eigenvalue weighted by molar-refractivity contribution is 5.89. The number of benzene rings is 1. The molecule has 0 saturated heterocycles. The minimum atomic E-state index is -1.26. The molecule has 1 aromatic carbocycles. The van der Waals surface area contributed by atoms with E-state index in [4.69, 9.17) is 20.7 Å². The van der Waals surface area contributed by atoms with Gasteiger partial charge in [-0.1, -0.05) is 19.9 Å². The first kappa shape index (κ1) is 22.2. The molecule has 0 saturated carbocycles. The van der Waals surface area contributed by atoms with Gasteiger partial charge < -0.3 is 25.3 Å². The van der Waals surface area contributed by atoms with E-state index in [2.05, 4.69) is 48.9 Å². The molecule has 3 rings (SSSR count). The van der Waals surface area contributed by atoms with Crippen LogP contribution in [-0.2, 0) is 22.6 Å². The lowest BCUT2D eigenvalue weighted by Crippen LogP contribution is -2.22. The van der Waals surface area contributed by atoms with Crippen LogP contribution < -0.4 is 10.5 Å². The van der Waals surface area contributed by atoms with Gasteiger partial charge in [0.15, 0.2) is 0 Å². The van der Waals surface area contributed by atoms with Crippen molar-refractivity contribution in [1.29, 1.82) is 0 Å². The van der Waals surface area contributed by atoms with Crippen molar-refractivity contribution in [2.75, 3.05) is 6.61 Å². The summed E-state index contributed by atoms with van der Waals surface area (Å²) in [5.74, 6) is -1.01. The monoisotopic (exact) mass is 400 g/mol. The number of carboxylic acids is 2. The van der Waals surface area contributed by atoms with Gasteiger partial charge >= 0.3 is 11.9 Å². The lowest BCUT2D eigenvalue weighted by Gasteiger charge is -2.13. The van der Waals surface area contributed by atoms with Crippen molar-refractivity contribution in [3.05, 3.63) is 53.7 Å². The summed E-state index contributed by atoms with van der Waals surface area (Å²) < 4.78 is 8.15. The van der Waals surface area contributed by atoms with Crippen LogP contribution in [0.2, 0.25) is 0 Å². The molecule has 1 aromatic heterocycles. The zero-order valence-electron chi connectivity index (χ0n) is 17.0. The van der Waals surface area contributed by atoms with Crippen molar-refractivity contribution >= 4 is 11.9 Å². The minimum Gasteiger partial charge on any atom is -0.493 e. The maximum absolute atomic E-state index is 9.55. The lowest BCUT2D eigenvalue weighted by atomic mass is 10.1. The quantitative estimate of drug-likeness (QED) is 0.525. The Hall–Kier alpha value is -3.06. The second-order valence-corrected chi connectivity index (χ2v) is 7.53. The number of aromatic nitrogens is 1. The fourth-order valence-corrected chi connectivity index (χ4v) is 3.08. The predicted octanol–water partition coefficient (Wildman–Crippen LogP) is 3.15. The molecule has 0 amide bonds. The predicted molar refractivity (Wildman–Crippen MR) is 111 cm³/mol. The highest BCUT2D eigenvalue weighted by Gasteiger charge is 2.23. The highest BCUT2D eigenvalue weighted by Crippen LogP contribution is 2.39. The van der Waals surface area contributed by atoms with Gasteiger partial charge in [-0.25, -0.2) is 9.59 Å². The number of carboxylic acid groups (broad SMARTS) is 2. The maximum Gasteiger partial charge on any atom is 0.328 e. The van der Waals surface area contributed by atoms with E-state index in [1.165, 1.54) is 22.4 Å². The van der Waals surface area contributed by atoms with E-state index in [9.17, 15) is 9.59 Å². The van der Waals surface area contributed by atoms with E-state index in [-0.39, 0.29) is 6.04 Å². The number of ether oxygens (including phenoxy) is 1. The summed E-state index contributed by atoms with van der Waals surface area (Å²) in [4.78, 5) is 19.1. The Morgan fingerprint density at radius 2 is 1.79 bits per heavy atom. The highest BCUT2D eigenvalue weighted by atomic mass is 16.5. The van der Waals surface area contributed by atoms with Gasteiger partial charge in [-0.15, -0.1) is 0 Å². The van der Waals surface area contributed by atoms with Gasteiger partial charge in [-0.3, -0.25) is 0 Å². The third kappa shape index (κ3) is 6.50. The zero-order chi connectivity index (χ0) is 21.6. The van der Waals surface area contributed by atoms with E-state index in [1.807, 2.05) is 6.92 Å². The third-order valence-corrected chi connectivity index (χ3v) is 4.20. The van der Waals surface area contributed by atoms with Gasteiger partial charge in [0, 0.05) is 42.9 Å². The van der Waals surface area contributed by atoms with Crippen LogP contribution in [0.1, 0.15) is 31.9 Å². The lowest BCUT2D eigenvalue weighted by molar-refractivity contribution is -0.134. The summed E-state index contributed by atoms with van der Waals surface area (Å²) in [5.41, 5.74) is 11.4. The van der Waals surface area contributed by atoms with Crippen LogP contribution in [0.25, 0.3) is 11.3 Å². The minimum absolute atomic E-state index is 0.158. The first-order valence-electron chi connectivity index (χ1n) is 9.51. The van der Waals surface area contributed by atoms with Crippen molar-refractivity contribution in [2.45, 2.75) is 39.8 Å². The SMILES string of the molecule is CC(C)COc1ccc2c(c1)-c1c(ccn1CC(C)N)C2.O=C(O)/C=C/C(=O)O. The summed E-state index contributed by atoms with van der Waals surface area (Å²) in [6.45, 7) is 7.99. The summed E-state index contributed by atoms with van der Waals surface area (Å²) in [6.07, 6.45) is 4.28. The molecule has 0 radical (unpaired) electrons. The van der Waals surface area contributed by atoms with Gasteiger partial charge in [0.25, 0.3) is 0 Å². The Kier molecular flexibility index (Phi) is 7.61. The Labute approximate surface area is 170 Å². The Morgan fingerprint density at radius 1 is 1.14 bits per heavy atom. The molecule has 1 aliphatic rings. The molecule has 7 heteroatoms. The Balaban J connectivity index is 0.000000321. The molecule has 156 valence electrons. The van der Waals surface area contributed by atoms with Crippen LogP contribution in [-0.4, -0.2) is 39.4 Å². The largest absolute Gasteiger partial charge is 0.493 e. The topological polar surface area (TPSA) is 115 Å². The molecule has 0 aliphatic heterocycles. The van der Waals surface area contributed by atoms with Gasteiger partial charge in [0.1, 0.15) is 5.75 Å². The Morgan fingerprint density at radius 3 is 2.34 bits per heavy atom. The molecule has 1 unspecified atom stereocenters. The second kappa shape index (κ2) is 9.93. The number of nitrogens with two attached hydrogens (primary N) is 1. The van der Waals surface area contributed by atoms with Crippen molar-refractivity contribution in [3.63, 3.8) is 0 Å². The van der Waals surface area contributed by atoms with Crippen LogP contribution in [0.3, 0.4) is 0 Å². The zero-order valence-corrected chi connectivity index (χ0v) is 17.0. The van der Waals surface area contributed by atoms with Crippen molar-refractivity contribution < 1.29 is 24.5 Å². The normalized spacial score (nSPS) is 12.9. The van der Waals surface area contributed by atoms with Crippen LogP contribution in [0, 0.1) is 5.92 Å². The summed E-state index contributed by atoms with van der Waals surface area (Å²) in [7, 11) is 0. The summed E-state index contributed by atoms with van der Waals surface area (Å²) in [6, 6.07) is 8.84. The smallest absolute Gasteiger partial charge is 0.328 e. The molecular formula is C22H28N2O5. The third-order valence-electron chi connectivity index (χ3n) is 4.20. The van der Waals surface area contributed by atoms with Gasteiger partial charge in [0.05, 0.1) is 12.3 Å². The number of hydrogen-bond donors (Lipinski definition) is 3. The van der Waals surface area contributed by atoms with E-state index >= 15 is 0 Å². The van der Waals surface area contributed by atoms with Crippen molar-refractivity contribution in [2.24, 2.45) is 11.7 Å². The number of carbonyl (C=O) groups is 2. The molecule has 4 N–H and O–H groups in total. The van der Waals surface area contributed by atoms with E-state index in [0.717, 1.165) is 25.3 Å². The van der Waals surface area contributed by atoms with Crippen LogP contribution in [0.5, 0.6) is 5.75 Å². The van der Waals surface area contributed by atoms with Crippen molar-refractivity contribution in [3.8, 4) is 17.0 Å². The summed E-state index contributed by atoms with van der Waals surface area (Å²) >= 11 is 0. The van der Waals surface area contributed by atoms with Gasteiger partial charge in [-0.05, 0) is 42.2 Å². The fourth-order valence-electron chi connectivity index (χ4n) is 3.08. The molecule has 7 nitrogen and oxygen atoms in total. The standard InChI is InChI=1S/C18H24N2O.C4H4O4/c1-12(2)11-21-16-5-4-14-8-15-6-7-20(10-13(3)19)18(15)17(14)9-16;5-3(6)1-2-4(7)8/h4-7,9,12-13H,8,10-11,19H2,1-3H3;1-2H,(H,5,6)(H,7,8)/b;2-1+.